The molecule has 0 aromatic heterocycles. The van der Waals surface area contributed by atoms with Crippen LogP contribution in [0.25, 0.3) is 0 Å². The predicted molar refractivity (Wildman–Crippen MR) is 84.8 cm³/mol. The molecular formula is C17H28N2O4. The summed E-state index contributed by atoms with van der Waals surface area (Å²) in [6.07, 6.45) is 2.24. The molecule has 3 aliphatic rings. The molecule has 0 radical (unpaired) electrons. The van der Waals surface area contributed by atoms with Crippen molar-refractivity contribution < 1.29 is 19.1 Å². The van der Waals surface area contributed by atoms with E-state index in [0.717, 1.165) is 45.7 Å². The molecule has 0 spiro atoms. The van der Waals surface area contributed by atoms with Crippen LogP contribution in [0.1, 0.15) is 40.0 Å². The Hall–Kier alpha value is -1.14. The van der Waals surface area contributed by atoms with Gasteiger partial charge in [0.1, 0.15) is 0 Å². The Kier molecular flexibility index (Phi) is 4.17. The molecule has 2 saturated heterocycles. The van der Waals surface area contributed by atoms with Crippen LogP contribution in [0.15, 0.2) is 0 Å². The summed E-state index contributed by atoms with van der Waals surface area (Å²) in [5.74, 6) is -0.351. The Morgan fingerprint density at radius 3 is 2.48 bits per heavy atom. The van der Waals surface area contributed by atoms with Gasteiger partial charge in [-0.05, 0) is 32.7 Å². The molecule has 1 N–H and O–H groups in total. The van der Waals surface area contributed by atoms with E-state index in [1.54, 1.807) is 0 Å². The molecule has 2 atom stereocenters. The van der Waals surface area contributed by atoms with Crippen molar-refractivity contribution >= 4 is 11.9 Å². The van der Waals surface area contributed by atoms with Crippen LogP contribution in [-0.4, -0.2) is 61.8 Å². The lowest BCUT2D eigenvalue weighted by Gasteiger charge is -2.35. The highest BCUT2D eigenvalue weighted by Crippen LogP contribution is 2.65. The van der Waals surface area contributed by atoms with Crippen LogP contribution in [0.5, 0.6) is 0 Å². The zero-order valence-corrected chi connectivity index (χ0v) is 14.4. The fraction of sp³-hybridized carbons (Fsp3) is 0.882. The topological polar surface area (TPSA) is 67.9 Å². The highest BCUT2D eigenvalue weighted by molar-refractivity contribution is 5.96. The third-order valence-corrected chi connectivity index (χ3v) is 6.49. The lowest BCUT2D eigenvalue weighted by atomic mass is 9.66. The van der Waals surface area contributed by atoms with Crippen LogP contribution in [0, 0.1) is 10.8 Å². The minimum atomic E-state index is -0.988. The van der Waals surface area contributed by atoms with E-state index in [9.17, 15) is 9.59 Å². The van der Waals surface area contributed by atoms with Gasteiger partial charge in [0, 0.05) is 25.0 Å². The second-order valence-electron chi connectivity index (χ2n) is 7.74. The molecule has 2 heterocycles. The fourth-order valence-electron chi connectivity index (χ4n) is 4.22. The molecule has 130 valence electrons. The van der Waals surface area contributed by atoms with E-state index in [2.05, 4.69) is 10.2 Å². The smallest absolute Gasteiger partial charge is 0.313 e. The van der Waals surface area contributed by atoms with E-state index in [1.165, 1.54) is 0 Å². The molecule has 0 aromatic carbocycles. The maximum Gasteiger partial charge on any atom is 0.313 e. The van der Waals surface area contributed by atoms with Crippen LogP contribution in [0.4, 0.5) is 0 Å². The number of carbonyl (C=O) groups is 2. The Bertz CT molecular complexity index is 501. The average molecular weight is 324 g/mol. The first-order valence-electron chi connectivity index (χ1n) is 8.65. The van der Waals surface area contributed by atoms with Crippen molar-refractivity contribution in [1.82, 2.24) is 10.2 Å². The molecule has 1 amide bonds. The third-order valence-electron chi connectivity index (χ3n) is 6.49. The number of carbonyl (C=O) groups excluding carboxylic acids is 2. The van der Waals surface area contributed by atoms with Gasteiger partial charge in [-0.1, -0.05) is 13.8 Å². The molecule has 23 heavy (non-hydrogen) atoms. The minimum Gasteiger partial charge on any atom is -0.448 e. The number of nitrogens with zero attached hydrogens (tertiary/aromatic N) is 1. The lowest BCUT2D eigenvalue weighted by molar-refractivity contribution is -0.168. The van der Waals surface area contributed by atoms with Gasteiger partial charge >= 0.3 is 5.97 Å². The number of ether oxygens (including phenoxy) is 2. The summed E-state index contributed by atoms with van der Waals surface area (Å²) in [5, 5.41) is 3.00. The van der Waals surface area contributed by atoms with E-state index in [0.29, 0.717) is 13.0 Å². The van der Waals surface area contributed by atoms with Gasteiger partial charge in [0.15, 0.2) is 5.60 Å². The number of amides is 1. The van der Waals surface area contributed by atoms with Gasteiger partial charge in [-0.25, -0.2) is 0 Å². The summed E-state index contributed by atoms with van der Waals surface area (Å²) in [6, 6.07) is 0. The largest absolute Gasteiger partial charge is 0.448 e. The number of rotatable bonds is 5. The summed E-state index contributed by atoms with van der Waals surface area (Å²) in [6.45, 7) is 11.0. The molecular weight excluding hydrogens is 296 g/mol. The predicted octanol–water partition coefficient (Wildman–Crippen LogP) is 0.947. The summed E-state index contributed by atoms with van der Waals surface area (Å²) >= 11 is 0. The molecule has 2 aliphatic heterocycles. The second-order valence-corrected chi connectivity index (χ2v) is 7.74. The maximum atomic E-state index is 12.8. The van der Waals surface area contributed by atoms with Crippen molar-refractivity contribution in [2.24, 2.45) is 10.8 Å². The van der Waals surface area contributed by atoms with Crippen LogP contribution in [-0.2, 0) is 19.1 Å². The normalized spacial score (nSPS) is 36.0. The Labute approximate surface area is 137 Å². The van der Waals surface area contributed by atoms with E-state index in [-0.39, 0.29) is 11.9 Å². The van der Waals surface area contributed by atoms with Gasteiger partial charge < -0.3 is 14.8 Å². The van der Waals surface area contributed by atoms with Crippen LogP contribution in [0.2, 0.25) is 0 Å². The van der Waals surface area contributed by atoms with Gasteiger partial charge in [-0.2, -0.15) is 0 Å². The average Bonchev–Trinajstić information content (AvgIpc) is 2.83. The summed E-state index contributed by atoms with van der Waals surface area (Å²) in [7, 11) is 0. The number of hydrogen-bond acceptors (Lipinski definition) is 5. The quantitative estimate of drug-likeness (QED) is 0.602. The molecule has 3 rings (SSSR count). The van der Waals surface area contributed by atoms with Crippen molar-refractivity contribution in [2.75, 3.05) is 39.4 Å². The third kappa shape index (κ3) is 2.38. The number of morpholine rings is 1. The van der Waals surface area contributed by atoms with Crippen molar-refractivity contribution in [3.8, 4) is 0 Å². The van der Waals surface area contributed by atoms with Gasteiger partial charge in [-0.3, -0.25) is 14.5 Å². The van der Waals surface area contributed by atoms with Gasteiger partial charge in [0.25, 0.3) is 5.91 Å². The Morgan fingerprint density at radius 1 is 1.22 bits per heavy atom. The zero-order chi connectivity index (χ0) is 16.7. The van der Waals surface area contributed by atoms with Crippen LogP contribution < -0.4 is 5.32 Å². The second kappa shape index (κ2) is 5.74. The van der Waals surface area contributed by atoms with Gasteiger partial charge in [-0.15, -0.1) is 0 Å². The monoisotopic (exact) mass is 324 g/mol. The highest BCUT2D eigenvalue weighted by atomic mass is 16.6. The van der Waals surface area contributed by atoms with Crippen LogP contribution >= 0.6 is 0 Å². The standard InChI is InChI=1S/C17H28N2O4/c1-15(2)16(3)5-6-17(15,23-14(16)21)13(20)18-7-4-8-19-9-11-22-12-10-19/h4-12H2,1-3H3,(H,18,20)/t16-,17-/m1/s1. The minimum absolute atomic E-state index is 0.126. The van der Waals surface area contributed by atoms with Crippen molar-refractivity contribution in [2.45, 2.75) is 45.6 Å². The first-order valence-corrected chi connectivity index (χ1v) is 8.65. The molecule has 6 heteroatoms. The summed E-state index contributed by atoms with van der Waals surface area (Å²) < 4.78 is 10.9. The van der Waals surface area contributed by atoms with E-state index < -0.39 is 16.4 Å². The first-order chi connectivity index (χ1) is 10.8. The zero-order valence-electron chi connectivity index (χ0n) is 14.4. The van der Waals surface area contributed by atoms with E-state index >= 15 is 0 Å². The summed E-state index contributed by atoms with van der Waals surface area (Å²) in [5.41, 5.74) is -2.00. The van der Waals surface area contributed by atoms with Crippen LogP contribution in [0.3, 0.4) is 0 Å². The molecule has 3 fully saturated rings. The number of fused-ring (bicyclic) bond motifs is 2. The van der Waals surface area contributed by atoms with Gasteiger partial charge in [0.05, 0.1) is 18.6 Å². The molecule has 1 aliphatic carbocycles. The Morgan fingerprint density at radius 2 is 1.91 bits per heavy atom. The van der Waals surface area contributed by atoms with Crippen molar-refractivity contribution in [3.05, 3.63) is 0 Å². The number of esters is 1. The maximum absolute atomic E-state index is 12.8. The fourth-order valence-corrected chi connectivity index (χ4v) is 4.22. The summed E-state index contributed by atoms with van der Waals surface area (Å²) in [4.78, 5) is 27.3. The number of hydrogen-bond donors (Lipinski definition) is 1. The molecule has 0 aromatic rings. The Balaban J connectivity index is 1.53. The molecule has 0 unspecified atom stereocenters. The van der Waals surface area contributed by atoms with E-state index in [1.807, 2.05) is 20.8 Å². The highest BCUT2D eigenvalue weighted by Gasteiger charge is 2.75. The SMILES string of the molecule is CC1(C)[C@]2(C)CC[C@]1(C(=O)NCCCN1CCOCC1)OC2=O. The molecule has 2 bridgehead atoms. The molecule has 1 saturated carbocycles. The van der Waals surface area contributed by atoms with E-state index in [4.69, 9.17) is 9.47 Å². The first kappa shape index (κ1) is 16.7. The van der Waals surface area contributed by atoms with Crippen molar-refractivity contribution in [1.29, 1.82) is 0 Å². The van der Waals surface area contributed by atoms with Gasteiger partial charge in [0.2, 0.25) is 0 Å². The van der Waals surface area contributed by atoms with Crippen molar-refractivity contribution in [3.63, 3.8) is 0 Å². The number of nitrogens with one attached hydrogen (secondary N) is 1. The molecule has 6 nitrogen and oxygen atoms in total. The lowest BCUT2D eigenvalue weighted by Crippen LogP contribution is -2.53.